The van der Waals surface area contributed by atoms with Gasteiger partial charge >= 0.3 is 0 Å². The van der Waals surface area contributed by atoms with Gasteiger partial charge in [0.1, 0.15) is 0 Å². The molecule has 23 heavy (non-hydrogen) atoms. The van der Waals surface area contributed by atoms with Crippen LogP contribution >= 0.6 is 27.5 Å². The van der Waals surface area contributed by atoms with Crippen molar-refractivity contribution in [1.29, 1.82) is 0 Å². The Kier molecular flexibility index (Phi) is 5.30. The van der Waals surface area contributed by atoms with Crippen LogP contribution < -0.4 is 10.9 Å². The Morgan fingerprint density at radius 2 is 1.65 bits per heavy atom. The molecule has 0 saturated carbocycles. The Morgan fingerprint density at radius 3 is 2.26 bits per heavy atom. The number of amides is 2. The number of carbonyl (C=O) groups is 2. The second kappa shape index (κ2) is 7.21. The third-order valence-electron chi connectivity index (χ3n) is 2.80. The molecule has 7 nitrogen and oxygen atoms in total. The molecule has 0 heterocycles. The molecule has 0 bridgehead atoms. The first-order valence-electron chi connectivity index (χ1n) is 6.18. The first-order valence-corrected chi connectivity index (χ1v) is 7.36. The predicted octanol–water partition coefficient (Wildman–Crippen LogP) is 3.09. The minimum atomic E-state index is -0.612. The number of nitrogens with one attached hydrogen (secondary N) is 2. The van der Waals surface area contributed by atoms with Crippen LogP contribution in [0.15, 0.2) is 46.9 Å². The van der Waals surface area contributed by atoms with Crippen molar-refractivity contribution in [2.45, 2.75) is 0 Å². The summed E-state index contributed by atoms with van der Waals surface area (Å²) in [7, 11) is 0. The molecule has 0 saturated heterocycles. The Morgan fingerprint density at radius 1 is 1.04 bits per heavy atom. The smallest absolute Gasteiger partial charge is 0.267 e. The number of halogens is 2. The highest BCUT2D eigenvalue weighted by Gasteiger charge is 2.13. The minimum absolute atomic E-state index is 0.133. The Bertz CT molecular complexity index is 780. The summed E-state index contributed by atoms with van der Waals surface area (Å²) in [6, 6.07) is 9.68. The van der Waals surface area contributed by atoms with Crippen LogP contribution in [0.25, 0.3) is 0 Å². The van der Waals surface area contributed by atoms with Gasteiger partial charge in [-0.15, -0.1) is 0 Å². The number of non-ortho nitro benzene ring substituents is 1. The Labute approximate surface area is 143 Å². The number of nitro benzene ring substituents is 1. The molecular weight excluding hydrogens is 390 g/mol. The lowest BCUT2D eigenvalue weighted by Gasteiger charge is -2.08. The third-order valence-corrected chi connectivity index (χ3v) is 3.63. The van der Waals surface area contributed by atoms with Crippen LogP contribution in [0.4, 0.5) is 5.69 Å². The molecule has 2 amide bonds. The molecule has 0 aliphatic rings. The third kappa shape index (κ3) is 4.27. The van der Waals surface area contributed by atoms with Gasteiger partial charge in [-0.05, 0) is 30.3 Å². The van der Waals surface area contributed by atoms with Crippen molar-refractivity contribution in [2.24, 2.45) is 0 Å². The molecule has 0 aliphatic heterocycles. The molecule has 2 N–H and O–H groups in total. The first kappa shape index (κ1) is 16.9. The van der Waals surface area contributed by atoms with Crippen molar-refractivity contribution in [2.75, 3.05) is 0 Å². The van der Waals surface area contributed by atoms with E-state index in [1.54, 1.807) is 12.1 Å². The topological polar surface area (TPSA) is 101 Å². The summed E-state index contributed by atoms with van der Waals surface area (Å²) in [6.07, 6.45) is 0. The lowest BCUT2D eigenvalue weighted by Crippen LogP contribution is -2.41. The van der Waals surface area contributed by atoms with Crippen molar-refractivity contribution in [1.82, 2.24) is 10.9 Å². The van der Waals surface area contributed by atoms with Gasteiger partial charge in [0.2, 0.25) is 0 Å². The molecule has 0 atom stereocenters. The molecule has 0 aromatic heterocycles. The summed E-state index contributed by atoms with van der Waals surface area (Å²) in [5, 5.41) is 10.8. The van der Waals surface area contributed by atoms with E-state index in [4.69, 9.17) is 11.6 Å². The molecule has 118 valence electrons. The Balaban J connectivity index is 2.02. The molecule has 2 rings (SSSR count). The summed E-state index contributed by atoms with van der Waals surface area (Å²) in [6.45, 7) is 0. The number of benzene rings is 2. The van der Waals surface area contributed by atoms with E-state index >= 15 is 0 Å². The lowest BCUT2D eigenvalue weighted by molar-refractivity contribution is -0.384. The van der Waals surface area contributed by atoms with Gasteiger partial charge in [-0.3, -0.25) is 30.6 Å². The van der Waals surface area contributed by atoms with Crippen LogP contribution in [0.2, 0.25) is 5.02 Å². The van der Waals surface area contributed by atoms with Gasteiger partial charge in [-0.1, -0.05) is 27.5 Å². The van der Waals surface area contributed by atoms with Crippen molar-refractivity contribution in [3.8, 4) is 0 Å². The molecule has 0 unspecified atom stereocenters. The van der Waals surface area contributed by atoms with E-state index in [0.29, 0.717) is 4.47 Å². The highest BCUT2D eigenvalue weighted by atomic mass is 79.9. The van der Waals surface area contributed by atoms with E-state index in [-0.39, 0.29) is 21.8 Å². The van der Waals surface area contributed by atoms with Crippen molar-refractivity contribution in [3.05, 3.63) is 73.2 Å². The summed E-state index contributed by atoms with van der Waals surface area (Å²) >= 11 is 9.13. The zero-order valence-corrected chi connectivity index (χ0v) is 13.7. The molecule has 2 aromatic carbocycles. The number of nitrogens with zero attached hydrogens (tertiary/aromatic N) is 1. The number of rotatable bonds is 3. The van der Waals surface area contributed by atoms with Crippen LogP contribution in [0.3, 0.4) is 0 Å². The highest BCUT2D eigenvalue weighted by Crippen LogP contribution is 2.20. The summed E-state index contributed by atoms with van der Waals surface area (Å²) in [5.74, 6) is -1.20. The molecule has 0 radical (unpaired) electrons. The maximum Gasteiger partial charge on any atom is 0.271 e. The van der Waals surface area contributed by atoms with Gasteiger partial charge in [0.25, 0.3) is 17.5 Å². The number of hydrogen-bond donors (Lipinski definition) is 2. The monoisotopic (exact) mass is 397 g/mol. The van der Waals surface area contributed by atoms with E-state index in [9.17, 15) is 19.7 Å². The van der Waals surface area contributed by atoms with Crippen LogP contribution in [-0.4, -0.2) is 16.7 Å². The summed E-state index contributed by atoms with van der Waals surface area (Å²) < 4.78 is 0.661. The number of nitro groups is 1. The summed E-state index contributed by atoms with van der Waals surface area (Å²) in [4.78, 5) is 33.8. The van der Waals surface area contributed by atoms with Gasteiger partial charge in [0.15, 0.2) is 0 Å². The second-order valence-corrected chi connectivity index (χ2v) is 5.66. The van der Waals surface area contributed by atoms with Crippen LogP contribution in [0.1, 0.15) is 20.7 Å². The molecule has 0 fully saturated rings. The van der Waals surface area contributed by atoms with Gasteiger partial charge in [-0.25, -0.2) is 0 Å². The Hall–Kier alpha value is -2.45. The first-order chi connectivity index (χ1) is 10.9. The van der Waals surface area contributed by atoms with Crippen molar-refractivity contribution >= 4 is 45.0 Å². The molecule has 0 spiro atoms. The minimum Gasteiger partial charge on any atom is -0.267 e. The fourth-order valence-corrected chi connectivity index (χ4v) is 2.22. The van der Waals surface area contributed by atoms with Gasteiger partial charge in [0, 0.05) is 22.2 Å². The van der Waals surface area contributed by atoms with Crippen molar-refractivity contribution in [3.63, 3.8) is 0 Å². The maximum atomic E-state index is 12.0. The van der Waals surface area contributed by atoms with Crippen LogP contribution in [0, 0.1) is 10.1 Å². The van der Waals surface area contributed by atoms with E-state index < -0.39 is 16.7 Å². The fourth-order valence-electron chi connectivity index (χ4n) is 1.66. The predicted molar refractivity (Wildman–Crippen MR) is 87.2 cm³/mol. The number of hydrazine groups is 1. The second-order valence-electron chi connectivity index (χ2n) is 4.34. The summed E-state index contributed by atoms with van der Waals surface area (Å²) in [5.41, 5.74) is 4.65. The lowest BCUT2D eigenvalue weighted by atomic mass is 10.2. The van der Waals surface area contributed by atoms with E-state index in [1.807, 2.05) is 0 Å². The zero-order valence-electron chi connectivity index (χ0n) is 11.4. The normalized spacial score (nSPS) is 10.0. The zero-order chi connectivity index (χ0) is 17.0. The molecular formula is C14H9BrClN3O4. The van der Waals surface area contributed by atoms with Crippen LogP contribution in [-0.2, 0) is 0 Å². The van der Waals surface area contributed by atoms with E-state index in [2.05, 4.69) is 26.8 Å². The quantitative estimate of drug-likeness (QED) is 0.613. The largest absolute Gasteiger partial charge is 0.271 e. The standard InChI is InChI=1S/C14H9BrClN3O4/c15-9-3-6-12(16)11(7-9)14(21)18-17-13(20)8-1-4-10(5-2-8)19(22)23/h1-7H,(H,17,20)(H,18,21). The van der Waals surface area contributed by atoms with Crippen LogP contribution in [0.5, 0.6) is 0 Å². The maximum absolute atomic E-state index is 12.0. The molecule has 9 heteroatoms. The van der Waals surface area contributed by atoms with Crippen molar-refractivity contribution < 1.29 is 14.5 Å². The number of hydrogen-bond acceptors (Lipinski definition) is 4. The average molecular weight is 399 g/mol. The average Bonchev–Trinajstić information content (AvgIpc) is 2.54. The highest BCUT2D eigenvalue weighted by molar-refractivity contribution is 9.10. The van der Waals surface area contributed by atoms with E-state index in [0.717, 1.165) is 0 Å². The SMILES string of the molecule is O=C(NNC(=O)c1cc(Br)ccc1Cl)c1ccc([N+](=O)[O-])cc1. The van der Waals surface area contributed by atoms with E-state index in [1.165, 1.54) is 30.3 Å². The van der Waals surface area contributed by atoms with Gasteiger partial charge < -0.3 is 0 Å². The fraction of sp³-hybridized carbons (Fsp3) is 0. The number of carbonyl (C=O) groups excluding carboxylic acids is 2. The van der Waals surface area contributed by atoms with Gasteiger partial charge in [0.05, 0.1) is 15.5 Å². The molecule has 2 aromatic rings. The van der Waals surface area contributed by atoms with Gasteiger partial charge in [-0.2, -0.15) is 0 Å². The molecule has 0 aliphatic carbocycles.